The third-order valence-corrected chi connectivity index (χ3v) is 5.11. The molecule has 0 atom stereocenters. The lowest BCUT2D eigenvalue weighted by atomic mass is 10.1. The van der Waals surface area contributed by atoms with Crippen LogP contribution >= 0.6 is 0 Å². The van der Waals surface area contributed by atoms with Crippen LogP contribution in [0.15, 0.2) is 35.3 Å². The Morgan fingerprint density at radius 2 is 1.93 bits per heavy atom. The summed E-state index contributed by atoms with van der Waals surface area (Å²) in [4.78, 5) is 47.5. The van der Waals surface area contributed by atoms with Gasteiger partial charge in [0.1, 0.15) is 17.9 Å². The number of benzene rings is 1. The van der Waals surface area contributed by atoms with Crippen LogP contribution in [-0.2, 0) is 11.3 Å². The zero-order valence-corrected chi connectivity index (χ0v) is 15.3. The van der Waals surface area contributed by atoms with E-state index in [4.69, 9.17) is 0 Å². The molecule has 2 fully saturated rings. The van der Waals surface area contributed by atoms with Crippen molar-refractivity contribution in [2.45, 2.75) is 32.2 Å². The van der Waals surface area contributed by atoms with E-state index in [0.29, 0.717) is 31.4 Å². The van der Waals surface area contributed by atoms with Gasteiger partial charge in [-0.1, -0.05) is 29.8 Å². The van der Waals surface area contributed by atoms with Crippen molar-refractivity contribution in [1.82, 2.24) is 19.8 Å². The SMILES string of the molecule is Cc1ccc(CN2CCN(C(=O)c3cnc(C4CC4)[nH]c3=O)CC2=O)cc1. The first-order valence-corrected chi connectivity index (χ1v) is 9.23. The lowest BCUT2D eigenvalue weighted by molar-refractivity contribution is -0.135. The zero-order chi connectivity index (χ0) is 19.0. The molecule has 7 heteroatoms. The van der Waals surface area contributed by atoms with Crippen LogP contribution in [0.5, 0.6) is 0 Å². The Morgan fingerprint density at radius 1 is 1.19 bits per heavy atom. The Bertz CT molecular complexity index is 931. The Hall–Kier alpha value is -2.96. The van der Waals surface area contributed by atoms with Crippen LogP contribution < -0.4 is 5.56 Å². The molecule has 4 rings (SSSR count). The van der Waals surface area contributed by atoms with E-state index in [1.165, 1.54) is 16.7 Å². The summed E-state index contributed by atoms with van der Waals surface area (Å²) in [6.07, 6.45) is 3.39. The van der Waals surface area contributed by atoms with Crippen molar-refractivity contribution in [3.63, 3.8) is 0 Å². The number of hydrogen-bond donors (Lipinski definition) is 1. The predicted molar refractivity (Wildman–Crippen MR) is 99.3 cm³/mol. The summed E-state index contributed by atoms with van der Waals surface area (Å²) in [6.45, 7) is 3.38. The van der Waals surface area contributed by atoms with E-state index in [0.717, 1.165) is 18.4 Å². The molecular weight excluding hydrogens is 344 g/mol. The number of aryl methyl sites for hydroxylation is 1. The number of piperazine rings is 1. The highest BCUT2D eigenvalue weighted by Crippen LogP contribution is 2.37. The Kier molecular flexibility index (Phi) is 4.51. The minimum absolute atomic E-state index is 0.000755. The van der Waals surface area contributed by atoms with Crippen molar-refractivity contribution in [3.05, 3.63) is 63.3 Å². The molecule has 2 aromatic rings. The van der Waals surface area contributed by atoms with E-state index in [1.54, 1.807) is 4.90 Å². The topological polar surface area (TPSA) is 86.4 Å². The number of nitrogens with one attached hydrogen (secondary N) is 1. The van der Waals surface area contributed by atoms with Gasteiger partial charge in [-0.25, -0.2) is 4.98 Å². The molecule has 0 bridgehead atoms. The summed E-state index contributed by atoms with van der Waals surface area (Å²) in [6, 6.07) is 8.05. The number of hydrogen-bond acceptors (Lipinski definition) is 4. The largest absolute Gasteiger partial charge is 0.335 e. The van der Waals surface area contributed by atoms with Gasteiger partial charge in [-0.05, 0) is 25.3 Å². The van der Waals surface area contributed by atoms with E-state index in [1.807, 2.05) is 31.2 Å². The Morgan fingerprint density at radius 3 is 2.56 bits per heavy atom. The van der Waals surface area contributed by atoms with Gasteiger partial charge in [0.05, 0.1) is 0 Å². The van der Waals surface area contributed by atoms with E-state index >= 15 is 0 Å². The fourth-order valence-electron chi connectivity index (χ4n) is 3.26. The number of H-pyrrole nitrogens is 1. The lowest BCUT2D eigenvalue weighted by Crippen LogP contribution is -2.52. The van der Waals surface area contributed by atoms with Crippen molar-refractivity contribution in [1.29, 1.82) is 0 Å². The first-order valence-electron chi connectivity index (χ1n) is 9.23. The molecule has 1 saturated heterocycles. The fraction of sp³-hybridized carbons (Fsp3) is 0.400. The second-order valence-electron chi connectivity index (χ2n) is 7.31. The monoisotopic (exact) mass is 366 g/mol. The summed E-state index contributed by atoms with van der Waals surface area (Å²) in [5.41, 5.74) is 1.81. The van der Waals surface area contributed by atoms with Gasteiger partial charge in [0.25, 0.3) is 11.5 Å². The fourth-order valence-corrected chi connectivity index (χ4v) is 3.26. The highest BCUT2D eigenvalue weighted by atomic mass is 16.2. The number of aromatic nitrogens is 2. The van der Waals surface area contributed by atoms with Gasteiger partial charge >= 0.3 is 0 Å². The molecule has 2 amide bonds. The van der Waals surface area contributed by atoms with Gasteiger partial charge in [-0.2, -0.15) is 0 Å². The highest BCUT2D eigenvalue weighted by molar-refractivity contribution is 5.96. The average Bonchev–Trinajstić information content (AvgIpc) is 3.50. The third-order valence-electron chi connectivity index (χ3n) is 5.11. The van der Waals surface area contributed by atoms with E-state index in [-0.39, 0.29) is 18.0 Å². The third kappa shape index (κ3) is 3.77. The van der Waals surface area contributed by atoms with Crippen molar-refractivity contribution < 1.29 is 9.59 Å². The number of carbonyl (C=O) groups is 2. The predicted octanol–water partition coefficient (Wildman–Crippen LogP) is 1.44. The summed E-state index contributed by atoms with van der Waals surface area (Å²) < 4.78 is 0. The van der Waals surface area contributed by atoms with Crippen molar-refractivity contribution in [2.75, 3.05) is 19.6 Å². The van der Waals surface area contributed by atoms with Gasteiger partial charge < -0.3 is 14.8 Å². The van der Waals surface area contributed by atoms with Gasteiger partial charge in [0.15, 0.2) is 0 Å². The Labute approximate surface area is 157 Å². The van der Waals surface area contributed by atoms with E-state index in [9.17, 15) is 14.4 Å². The second kappa shape index (κ2) is 6.98. The van der Waals surface area contributed by atoms with Crippen LogP contribution in [-0.4, -0.2) is 51.2 Å². The molecule has 140 valence electrons. The summed E-state index contributed by atoms with van der Waals surface area (Å²) in [5, 5.41) is 0. The van der Waals surface area contributed by atoms with Crippen LogP contribution in [0.3, 0.4) is 0 Å². The molecule has 1 saturated carbocycles. The van der Waals surface area contributed by atoms with Gasteiger partial charge in [0.2, 0.25) is 5.91 Å². The number of amides is 2. The number of rotatable bonds is 4. The molecule has 27 heavy (non-hydrogen) atoms. The quantitative estimate of drug-likeness (QED) is 0.887. The van der Waals surface area contributed by atoms with Crippen molar-refractivity contribution in [3.8, 4) is 0 Å². The zero-order valence-electron chi connectivity index (χ0n) is 15.3. The first kappa shape index (κ1) is 17.5. The maximum Gasteiger partial charge on any atom is 0.263 e. The molecule has 1 aliphatic heterocycles. The van der Waals surface area contributed by atoms with Crippen LogP contribution in [0.1, 0.15) is 46.1 Å². The number of carbonyl (C=O) groups excluding carboxylic acids is 2. The van der Waals surface area contributed by atoms with Crippen molar-refractivity contribution >= 4 is 11.8 Å². The molecule has 1 aromatic carbocycles. The highest BCUT2D eigenvalue weighted by Gasteiger charge is 2.30. The van der Waals surface area contributed by atoms with Gasteiger partial charge in [-0.15, -0.1) is 0 Å². The molecule has 7 nitrogen and oxygen atoms in total. The number of aromatic amines is 1. The van der Waals surface area contributed by atoms with Gasteiger partial charge in [-0.3, -0.25) is 14.4 Å². The molecule has 2 aliphatic rings. The van der Waals surface area contributed by atoms with Crippen LogP contribution in [0, 0.1) is 6.92 Å². The standard InChI is InChI=1S/C20H22N4O3/c1-13-2-4-14(5-3-13)11-23-8-9-24(12-17(23)25)20(27)16-10-21-18(15-6-7-15)22-19(16)26/h2-5,10,15H,6-9,11-12H2,1H3,(H,21,22,26). The van der Waals surface area contributed by atoms with E-state index in [2.05, 4.69) is 9.97 Å². The molecule has 0 radical (unpaired) electrons. The summed E-state index contributed by atoms with van der Waals surface area (Å²) in [5.74, 6) is 0.410. The first-order chi connectivity index (χ1) is 13.0. The molecule has 1 N–H and O–H groups in total. The molecule has 0 unspecified atom stereocenters. The molecule has 0 spiro atoms. The van der Waals surface area contributed by atoms with E-state index < -0.39 is 11.5 Å². The molecular formula is C20H22N4O3. The maximum atomic E-state index is 12.7. The van der Waals surface area contributed by atoms with Crippen molar-refractivity contribution in [2.24, 2.45) is 0 Å². The smallest absolute Gasteiger partial charge is 0.263 e. The maximum absolute atomic E-state index is 12.7. The summed E-state index contributed by atoms with van der Waals surface area (Å²) in [7, 11) is 0. The number of nitrogens with zero attached hydrogens (tertiary/aromatic N) is 3. The second-order valence-corrected chi connectivity index (χ2v) is 7.31. The molecule has 1 aliphatic carbocycles. The molecule has 2 heterocycles. The lowest BCUT2D eigenvalue weighted by Gasteiger charge is -2.34. The average molecular weight is 366 g/mol. The van der Waals surface area contributed by atoms with Crippen LogP contribution in [0.25, 0.3) is 0 Å². The minimum Gasteiger partial charge on any atom is -0.335 e. The normalized spacial score (nSPS) is 17.3. The minimum atomic E-state index is -0.436. The van der Waals surface area contributed by atoms with Crippen LogP contribution in [0.4, 0.5) is 0 Å². The Balaban J connectivity index is 1.41. The molecule has 1 aromatic heterocycles. The van der Waals surface area contributed by atoms with Crippen LogP contribution in [0.2, 0.25) is 0 Å². The van der Waals surface area contributed by atoms with Gasteiger partial charge in [0, 0.05) is 31.7 Å². The summed E-state index contributed by atoms with van der Waals surface area (Å²) >= 11 is 0.